The number of hydrogen-bond donors (Lipinski definition) is 1. The topological polar surface area (TPSA) is 55.6 Å². The lowest BCUT2D eigenvalue weighted by Crippen LogP contribution is -2.14. The molecule has 0 aliphatic heterocycles. The molecule has 2 aromatic rings. The van der Waals surface area contributed by atoms with Crippen molar-refractivity contribution in [3.63, 3.8) is 0 Å². The number of aromatic nitrogens is 4. The molecule has 102 valence electrons. The molecular weight excluding hydrogens is 259 g/mol. The molecule has 0 amide bonds. The summed E-state index contributed by atoms with van der Waals surface area (Å²) in [7, 11) is 0. The molecular formula is C11H12F3N5. The van der Waals surface area contributed by atoms with Crippen LogP contribution in [0, 0.1) is 0 Å². The standard InChI is InChI=1S/C11H12F3N5/c1-2-3-16-10-17-8(11(12,13)14)6-9(18-10)19-5-4-15-7-19/h4-7H,2-3H2,1H3,(H,16,17,18). The van der Waals surface area contributed by atoms with Gasteiger partial charge in [-0.05, 0) is 6.42 Å². The molecule has 0 aliphatic rings. The molecule has 0 spiro atoms. The van der Waals surface area contributed by atoms with Crippen molar-refractivity contribution in [3.8, 4) is 5.82 Å². The van der Waals surface area contributed by atoms with Crippen LogP contribution < -0.4 is 5.32 Å². The van der Waals surface area contributed by atoms with E-state index in [4.69, 9.17) is 0 Å². The highest BCUT2D eigenvalue weighted by Gasteiger charge is 2.33. The van der Waals surface area contributed by atoms with Crippen LogP contribution in [0.5, 0.6) is 0 Å². The van der Waals surface area contributed by atoms with E-state index in [0.29, 0.717) is 6.54 Å². The minimum Gasteiger partial charge on any atom is -0.354 e. The van der Waals surface area contributed by atoms with E-state index >= 15 is 0 Å². The third-order valence-electron chi connectivity index (χ3n) is 2.31. The number of halogens is 3. The Labute approximate surface area is 107 Å². The average Bonchev–Trinajstić information content (AvgIpc) is 2.89. The summed E-state index contributed by atoms with van der Waals surface area (Å²) < 4.78 is 39.7. The summed E-state index contributed by atoms with van der Waals surface area (Å²) in [5, 5.41) is 2.75. The number of alkyl halides is 3. The molecule has 2 rings (SSSR count). The van der Waals surface area contributed by atoms with Crippen LogP contribution in [-0.2, 0) is 6.18 Å². The lowest BCUT2D eigenvalue weighted by atomic mass is 10.3. The maximum atomic E-state index is 12.8. The molecule has 0 saturated heterocycles. The normalized spacial score (nSPS) is 11.6. The quantitative estimate of drug-likeness (QED) is 0.928. The summed E-state index contributed by atoms with van der Waals surface area (Å²) in [5.74, 6) is 0.0822. The zero-order valence-corrected chi connectivity index (χ0v) is 10.1. The molecule has 0 atom stereocenters. The van der Waals surface area contributed by atoms with Crippen molar-refractivity contribution in [2.45, 2.75) is 19.5 Å². The van der Waals surface area contributed by atoms with Gasteiger partial charge in [-0.2, -0.15) is 18.2 Å². The summed E-state index contributed by atoms with van der Waals surface area (Å²) in [6.07, 6.45) is 0.619. The van der Waals surface area contributed by atoms with Gasteiger partial charge in [-0.1, -0.05) is 6.92 Å². The molecule has 8 heteroatoms. The van der Waals surface area contributed by atoms with Gasteiger partial charge in [-0.25, -0.2) is 9.97 Å². The Hall–Kier alpha value is -2.12. The predicted octanol–water partition coefficient (Wildman–Crippen LogP) is 2.50. The Kier molecular flexibility index (Phi) is 3.68. The number of rotatable bonds is 4. The lowest BCUT2D eigenvalue weighted by molar-refractivity contribution is -0.141. The largest absolute Gasteiger partial charge is 0.433 e. The van der Waals surface area contributed by atoms with Crippen LogP contribution in [0.4, 0.5) is 19.1 Å². The summed E-state index contributed by atoms with van der Waals surface area (Å²) in [4.78, 5) is 11.3. The van der Waals surface area contributed by atoms with Gasteiger partial charge in [-0.15, -0.1) is 0 Å². The Morgan fingerprint density at radius 2 is 2.11 bits per heavy atom. The van der Waals surface area contributed by atoms with Crippen LogP contribution in [0.25, 0.3) is 5.82 Å². The zero-order chi connectivity index (χ0) is 13.9. The first-order valence-electron chi connectivity index (χ1n) is 5.69. The van der Waals surface area contributed by atoms with Gasteiger partial charge in [0.2, 0.25) is 5.95 Å². The van der Waals surface area contributed by atoms with E-state index < -0.39 is 11.9 Å². The summed E-state index contributed by atoms with van der Waals surface area (Å²) >= 11 is 0. The summed E-state index contributed by atoms with van der Waals surface area (Å²) in [5.41, 5.74) is -0.982. The lowest BCUT2D eigenvalue weighted by Gasteiger charge is -2.11. The third kappa shape index (κ3) is 3.21. The zero-order valence-electron chi connectivity index (χ0n) is 10.1. The first-order chi connectivity index (χ1) is 9.00. The summed E-state index contributed by atoms with van der Waals surface area (Å²) in [6.45, 7) is 2.40. The molecule has 0 saturated carbocycles. The molecule has 0 radical (unpaired) electrons. The summed E-state index contributed by atoms with van der Waals surface area (Å²) in [6, 6.07) is 0.888. The van der Waals surface area contributed by atoms with Crippen molar-refractivity contribution < 1.29 is 13.2 Å². The highest BCUT2D eigenvalue weighted by atomic mass is 19.4. The Morgan fingerprint density at radius 3 is 2.68 bits per heavy atom. The van der Waals surface area contributed by atoms with Gasteiger partial charge in [0.15, 0.2) is 5.69 Å². The van der Waals surface area contributed by atoms with E-state index in [-0.39, 0.29) is 11.8 Å². The van der Waals surface area contributed by atoms with Crippen LogP contribution in [0.1, 0.15) is 19.0 Å². The second-order valence-corrected chi connectivity index (χ2v) is 3.83. The molecule has 0 fully saturated rings. The van der Waals surface area contributed by atoms with Gasteiger partial charge in [-0.3, -0.25) is 4.57 Å². The molecule has 2 aromatic heterocycles. The van der Waals surface area contributed by atoms with Crippen molar-refractivity contribution in [1.82, 2.24) is 19.5 Å². The van der Waals surface area contributed by atoms with Gasteiger partial charge in [0.25, 0.3) is 0 Å². The molecule has 0 aliphatic carbocycles. The van der Waals surface area contributed by atoms with Gasteiger partial charge < -0.3 is 5.32 Å². The molecule has 5 nitrogen and oxygen atoms in total. The minimum atomic E-state index is -4.51. The van der Waals surface area contributed by atoms with Crippen LogP contribution in [0.2, 0.25) is 0 Å². The monoisotopic (exact) mass is 271 g/mol. The van der Waals surface area contributed by atoms with Crippen LogP contribution >= 0.6 is 0 Å². The van der Waals surface area contributed by atoms with E-state index in [1.807, 2.05) is 6.92 Å². The fourth-order valence-corrected chi connectivity index (χ4v) is 1.42. The predicted molar refractivity (Wildman–Crippen MR) is 62.9 cm³/mol. The van der Waals surface area contributed by atoms with Crippen LogP contribution in [-0.4, -0.2) is 26.1 Å². The van der Waals surface area contributed by atoms with E-state index in [1.54, 1.807) is 0 Å². The molecule has 0 aromatic carbocycles. The van der Waals surface area contributed by atoms with Gasteiger partial charge >= 0.3 is 6.18 Å². The van der Waals surface area contributed by atoms with E-state index in [9.17, 15) is 13.2 Å². The fourth-order valence-electron chi connectivity index (χ4n) is 1.42. The maximum absolute atomic E-state index is 12.8. The second-order valence-electron chi connectivity index (χ2n) is 3.83. The first kappa shape index (κ1) is 13.3. The van der Waals surface area contributed by atoms with Gasteiger partial charge in [0.1, 0.15) is 12.1 Å². The highest BCUT2D eigenvalue weighted by molar-refractivity contribution is 5.36. The van der Waals surface area contributed by atoms with E-state index in [1.165, 1.54) is 23.3 Å². The molecule has 0 unspecified atom stereocenters. The molecule has 19 heavy (non-hydrogen) atoms. The van der Waals surface area contributed by atoms with Crippen molar-refractivity contribution in [1.29, 1.82) is 0 Å². The SMILES string of the molecule is CCCNc1nc(-n2ccnc2)cc(C(F)(F)F)n1. The van der Waals surface area contributed by atoms with Crippen LogP contribution in [0.15, 0.2) is 24.8 Å². The second kappa shape index (κ2) is 5.25. The van der Waals surface area contributed by atoms with E-state index in [2.05, 4.69) is 20.3 Å². The van der Waals surface area contributed by atoms with Gasteiger partial charge in [0.05, 0.1) is 0 Å². The van der Waals surface area contributed by atoms with Crippen LogP contribution in [0.3, 0.4) is 0 Å². The Morgan fingerprint density at radius 1 is 1.32 bits per heavy atom. The third-order valence-corrected chi connectivity index (χ3v) is 2.31. The molecule has 0 bridgehead atoms. The van der Waals surface area contributed by atoms with Crippen molar-refractivity contribution in [2.75, 3.05) is 11.9 Å². The number of nitrogens with one attached hydrogen (secondary N) is 1. The van der Waals surface area contributed by atoms with Crippen molar-refractivity contribution in [3.05, 3.63) is 30.5 Å². The number of hydrogen-bond acceptors (Lipinski definition) is 4. The number of anilines is 1. The van der Waals surface area contributed by atoms with Crippen molar-refractivity contribution in [2.24, 2.45) is 0 Å². The number of nitrogens with zero attached hydrogens (tertiary/aromatic N) is 4. The molecule has 2 heterocycles. The molecule has 1 N–H and O–H groups in total. The average molecular weight is 271 g/mol. The van der Waals surface area contributed by atoms with Crippen molar-refractivity contribution >= 4 is 5.95 Å². The fraction of sp³-hybridized carbons (Fsp3) is 0.364. The Bertz CT molecular complexity index is 536. The van der Waals surface area contributed by atoms with Gasteiger partial charge in [0, 0.05) is 25.0 Å². The number of imidazole rings is 1. The smallest absolute Gasteiger partial charge is 0.354 e. The highest BCUT2D eigenvalue weighted by Crippen LogP contribution is 2.29. The minimum absolute atomic E-state index is 0.0413. The van der Waals surface area contributed by atoms with E-state index in [0.717, 1.165) is 12.5 Å². The first-order valence-corrected chi connectivity index (χ1v) is 5.69. The Balaban J connectivity index is 2.43. The maximum Gasteiger partial charge on any atom is 0.433 e.